The summed E-state index contributed by atoms with van der Waals surface area (Å²) >= 11 is 7.12. The van der Waals surface area contributed by atoms with Gasteiger partial charge in [-0.25, -0.2) is 0 Å². The molecule has 0 unspecified atom stereocenters. The highest BCUT2D eigenvalue weighted by atomic mass is 35.5. The lowest BCUT2D eigenvalue weighted by Crippen LogP contribution is -2.15. The lowest BCUT2D eigenvalue weighted by atomic mass is 10.4. The van der Waals surface area contributed by atoms with Crippen molar-refractivity contribution in [3.63, 3.8) is 0 Å². The van der Waals surface area contributed by atoms with Crippen molar-refractivity contribution in [2.24, 2.45) is 0 Å². The van der Waals surface area contributed by atoms with Crippen LogP contribution in [0.25, 0.3) is 0 Å². The Kier molecular flexibility index (Phi) is 7.90. The van der Waals surface area contributed by atoms with E-state index in [2.05, 4.69) is 4.98 Å². The third-order valence-electron chi connectivity index (χ3n) is 1.42. The molecule has 0 atom stereocenters. The summed E-state index contributed by atoms with van der Waals surface area (Å²) in [4.78, 5) is 5.16. The van der Waals surface area contributed by atoms with Crippen LogP contribution < -0.4 is 0 Å². The molecule has 1 aromatic heterocycles. The molecule has 2 N–H and O–H groups in total. The molecule has 0 bridgehead atoms. The topological polar surface area (TPSA) is 122 Å². The van der Waals surface area contributed by atoms with Gasteiger partial charge in [-0.2, -0.15) is 16.8 Å². The molecular formula is C7H12ClNO6S3. The lowest BCUT2D eigenvalue weighted by molar-refractivity contribution is 0.472. The fourth-order valence-electron chi connectivity index (χ4n) is 0.669. The molecule has 1 rings (SSSR count). The molecule has 11 heteroatoms. The maximum atomic E-state index is 9.86. The van der Waals surface area contributed by atoms with E-state index in [-0.39, 0.29) is 0 Å². The molecule has 1 heterocycles. The van der Waals surface area contributed by atoms with Crippen molar-refractivity contribution < 1.29 is 25.9 Å². The number of hydrogen-bond acceptors (Lipinski definition) is 6. The van der Waals surface area contributed by atoms with E-state index in [1.807, 2.05) is 11.7 Å². The van der Waals surface area contributed by atoms with Crippen LogP contribution in [0.3, 0.4) is 0 Å². The van der Waals surface area contributed by atoms with Crippen LogP contribution in [0.4, 0.5) is 0 Å². The van der Waals surface area contributed by atoms with Crippen molar-refractivity contribution in [2.45, 2.75) is 6.42 Å². The van der Waals surface area contributed by atoms with Crippen LogP contribution >= 0.6 is 22.9 Å². The molecule has 0 aliphatic carbocycles. The molecule has 0 aliphatic heterocycles. The van der Waals surface area contributed by atoms with Gasteiger partial charge in [0.2, 0.25) is 0 Å². The minimum absolute atomic E-state index is 0.697. The number of aryl methyl sites for hydroxylation is 1. The summed E-state index contributed by atoms with van der Waals surface area (Å²) in [6.07, 6.45) is 2.80. The van der Waals surface area contributed by atoms with Gasteiger partial charge in [0.1, 0.15) is 0 Å². The predicted molar refractivity (Wildman–Crippen MR) is 69.4 cm³/mol. The number of hydrogen-bond donors (Lipinski definition) is 2. The second kappa shape index (κ2) is 8.02. The second-order valence-corrected chi connectivity index (χ2v) is 7.47. The highest BCUT2D eigenvalue weighted by Gasteiger charge is 2.11. The monoisotopic (exact) mass is 337 g/mol. The van der Waals surface area contributed by atoms with Crippen LogP contribution in [0.5, 0.6) is 0 Å². The van der Waals surface area contributed by atoms with Crippen molar-refractivity contribution in [1.82, 2.24) is 4.98 Å². The van der Waals surface area contributed by atoms with Gasteiger partial charge in [-0.15, -0.1) is 22.9 Å². The second-order valence-electron chi connectivity index (χ2n) is 2.98. The van der Waals surface area contributed by atoms with Crippen molar-refractivity contribution in [3.05, 3.63) is 16.6 Å². The quantitative estimate of drug-likeness (QED) is 0.598. The predicted octanol–water partition coefficient (Wildman–Crippen LogP) is 0.686. The van der Waals surface area contributed by atoms with Crippen LogP contribution in [-0.4, -0.2) is 48.3 Å². The fourth-order valence-corrected chi connectivity index (χ4v) is 3.27. The van der Waals surface area contributed by atoms with E-state index >= 15 is 0 Å². The Morgan fingerprint density at radius 2 is 1.67 bits per heavy atom. The maximum absolute atomic E-state index is 9.86. The van der Waals surface area contributed by atoms with Gasteiger partial charge in [0.05, 0.1) is 17.0 Å². The standard InChI is InChI=1S/C5H6ClNS.C2H6O6S2/c6-2-1-5-3-7-4-8-5;3-9(4,5)1-2-10(6,7)8/h3-4H,1-2H2;1-2H2,(H,3,4,5)(H,6,7,8). The molecule has 0 saturated carbocycles. The van der Waals surface area contributed by atoms with Gasteiger partial charge in [-0.3, -0.25) is 14.1 Å². The first-order chi connectivity index (χ1) is 8.14. The first-order valence-corrected chi connectivity index (χ1v) is 9.11. The molecule has 106 valence electrons. The van der Waals surface area contributed by atoms with E-state index in [1.54, 1.807) is 11.3 Å². The van der Waals surface area contributed by atoms with Gasteiger partial charge in [0, 0.05) is 17.0 Å². The van der Waals surface area contributed by atoms with Gasteiger partial charge in [-0.1, -0.05) is 0 Å². The summed E-state index contributed by atoms with van der Waals surface area (Å²) in [5.74, 6) is -1.26. The smallest absolute Gasteiger partial charge is 0.265 e. The summed E-state index contributed by atoms with van der Waals surface area (Å²) in [5, 5.41) is 0. The highest BCUT2D eigenvalue weighted by molar-refractivity contribution is 7.89. The molecule has 0 saturated heterocycles. The Balaban J connectivity index is 0.000000327. The molecule has 0 aromatic carbocycles. The average Bonchev–Trinajstić information content (AvgIpc) is 2.67. The normalized spacial score (nSPS) is 11.7. The van der Waals surface area contributed by atoms with Gasteiger partial charge >= 0.3 is 0 Å². The Hall–Kier alpha value is -0.260. The molecule has 0 fully saturated rings. The fraction of sp³-hybridized carbons (Fsp3) is 0.571. The number of aromatic nitrogens is 1. The van der Waals surface area contributed by atoms with Crippen molar-refractivity contribution >= 4 is 43.2 Å². The largest absolute Gasteiger partial charge is 0.286 e. The van der Waals surface area contributed by atoms with Crippen LogP contribution in [0, 0.1) is 0 Å². The molecule has 0 aliphatic rings. The van der Waals surface area contributed by atoms with Crippen LogP contribution in [-0.2, 0) is 26.7 Å². The third kappa shape index (κ3) is 12.2. The molecule has 18 heavy (non-hydrogen) atoms. The van der Waals surface area contributed by atoms with Gasteiger partial charge in [-0.05, 0) is 6.42 Å². The zero-order valence-corrected chi connectivity index (χ0v) is 12.3. The van der Waals surface area contributed by atoms with Crippen molar-refractivity contribution in [3.8, 4) is 0 Å². The van der Waals surface area contributed by atoms with Gasteiger partial charge in [0.15, 0.2) is 0 Å². The molecule has 0 amide bonds. The van der Waals surface area contributed by atoms with Crippen molar-refractivity contribution in [2.75, 3.05) is 17.4 Å². The van der Waals surface area contributed by atoms with Gasteiger partial charge < -0.3 is 0 Å². The first-order valence-electron chi connectivity index (χ1n) is 4.47. The lowest BCUT2D eigenvalue weighted by Gasteiger charge is -1.92. The van der Waals surface area contributed by atoms with E-state index in [1.165, 1.54) is 4.88 Å². The number of halogens is 1. The summed E-state index contributed by atoms with van der Waals surface area (Å²) in [6.45, 7) is 0. The number of alkyl halides is 1. The summed E-state index contributed by atoms with van der Waals surface area (Å²) in [6, 6.07) is 0. The SMILES string of the molecule is ClCCc1cncs1.O=S(=O)(O)CCS(=O)(=O)O. The van der Waals surface area contributed by atoms with Crippen LogP contribution in [0.2, 0.25) is 0 Å². The Morgan fingerprint density at radius 3 is 1.94 bits per heavy atom. The third-order valence-corrected chi connectivity index (χ3v) is 4.15. The van der Waals surface area contributed by atoms with Crippen LogP contribution in [0.1, 0.15) is 4.88 Å². The van der Waals surface area contributed by atoms with Crippen LogP contribution in [0.15, 0.2) is 11.7 Å². The minimum atomic E-state index is -4.30. The number of rotatable bonds is 5. The van der Waals surface area contributed by atoms with E-state index in [4.69, 9.17) is 20.7 Å². The Labute approximate surface area is 114 Å². The van der Waals surface area contributed by atoms with Gasteiger partial charge in [0.25, 0.3) is 20.2 Å². The summed E-state index contributed by atoms with van der Waals surface area (Å²) < 4.78 is 55.4. The number of thiazole rings is 1. The molecule has 7 nitrogen and oxygen atoms in total. The maximum Gasteiger partial charge on any atom is 0.265 e. The van der Waals surface area contributed by atoms with Crippen molar-refractivity contribution in [1.29, 1.82) is 0 Å². The highest BCUT2D eigenvalue weighted by Crippen LogP contribution is 2.05. The van der Waals surface area contributed by atoms with E-state index < -0.39 is 31.7 Å². The van der Waals surface area contributed by atoms with E-state index in [0.717, 1.165) is 6.42 Å². The molecule has 0 spiro atoms. The number of nitrogens with zero attached hydrogens (tertiary/aromatic N) is 1. The minimum Gasteiger partial charge on any atom is -0.286 e. The zero-order valence-electron chi connectivity index (χ0n) is 9.06. The summed E-state index contributed by atoms with van der Waals surface area (Å²) in [5.41, 5.74) is 1.82. The Morgan fingerprint density at radius 1 is 1.17 bits per heavy atom. The molecular weight excluding hydrogens is 326 g/mol. The Bertz CT molecular complexity index is 492. The first kappa shape index (κ1) is 17.7. The average molecular weight is 338 g/mol. The molecule has 0 radical (unpaired) electrons. The zero-order chi connectivity index (χ0) is 14.2. The summed E-state index contributed by atoms with van der Waals surface area (Å²) in [7, 11) is -8.59. The molecule has 1 aromatic rings. The van der Waals surface area contributed by atoms with E-state index in [0.29, 0.717) is 5.88 Å². The van der Waals surface area contributed by atoms with E-state index in [9.17, 15) is 16.8 Å².